The highest BCUT2D eigenvalue weighted by Crippen LogP contribution is 2.19. The number of aliphatic carboxylic acids is 1. The monoisotopic (exact) mass is 298 g/mol. The smallest absolute Gasteiger partial charge is 0.303 e. The van der Waals surface area contributed by atoms with E-state index in [-0.39, 0.29) is 18.4 Å². The lowest BCUT2D eigenvalue weighted by Crippen LogP contribution is -2.49. The fraction of sp³-hybridized carbons (Fsp3) is 0.875. The molecule has 1 heterocycles. The van der Waals surface area contributed by atoms with E-state index in [0.717, 1.165) is 38.6 Å². The maximum Gasteiger partial charge on any atom is 0.303 e. The number of carbonyl (C=O) groups excluding carboxylic acids is 1. The van der Waals surface area contributed by atoms with Gasteiger partial charge in [0.05, 0.1) is 6.04 Å². The summed E-state index contributed by atoms with van der Waals surface area (Å²) >= 11 is 0. The van der Waals surface area contributed by atoms with Crippen molar-refractivity contribution in [2.24, 2.45) is 11.8 Å². The van der Waals surface area contributed by atoms with Gasteiger partial charge in [0.15, 0.2) is 0 Å². The Morgan fingerprint density at radius 1 is 1.33 bits per heavy atom. The van der Waals surface area contributed by atoms with Gasteiger partial charge in [0.1, 0.15) is 0 Å². The molecule has 1 fully saturated rings. The summed E-state index contributed by atoms with van der Waals surface area (Å²) in [7, 11) is 0. The molecule has 122 valence electrons. The summed E-state index contributed by atoms with van der Waals surface area (Å²) in [4.78, 5) is 22.7. The summed E-state index contributed by atoms with van der Waals surface area (Å²) < 4.78 is 0. The van der Waals surface area contributed by atoms with Crippen LogP contribution in [-0.2, 0) is 9.59 Å². The fourth-order valence-electron chi connectivity index (χ4n) is 2.97. The summed E-state index contributed by atoms with van der Waals surface area (Å²) in [5.41, 5.74) is 0. The Bertz CT molecular complexity index is 333. The molecule has 3 unspecified atom stereocenters. The van der Waals surface area contributed by atoms with E-state index in [0.29, 0.717) is 24.8 Å². The topological polar surface area (TPSA) is 78.4 Å². The molecule has 1 aliphatic rings. The van der Waals surface area contributed by atoms with Gasteiger partial charge < -0.3 is 15.7 Å². The Labute approximate surface area is 127 Å². The largest absolute Gasteiger partial charge is 0.481 e. The zero-order chi connectivity index (χ0) is 15.7. The van der Waals surface area contributed by atoms with Crippen molar-refractivity contribution in [3.05, 3.63) is 0 Å². The molecule has 0 aromatic rings. The van der Waals surface area contributed by atoms with Crippen molar-refractivity contribution in [3.8, 4) is 0 Å². The highest BCUT2D eigenvalue weighted by molar-refractivity contribution is 5.81. The third-order valence-electron chi connectivity index (χ3n) is 4.60. The Balaban J connectivity index is 2.23. The highest BCUT2D eigenvalue weighted by atomic mass is 16.4. The molecular formula is C16H30N2O3. The first-order chi connectivity index (χ1) is 10.1. The summed E-state index contributed by atoms with van der Waals surface area (Å²) in [6, 6.07) is -0.0530. The van der Waals surface area contributed by atoms with Crippen LogP contribution in [0.2, 0.25) is 0 Å². The lowest BCUT2D eigenvalue weighted by Gasteiger charge is -2.29. The zero-order valence-electron chi connectivity index (χ0n) is 13.4. The molecule has 1 amide bonds. The van der Waals surface area contributed by atoms with Crippen LogP contribution in [0.4, 0.5) is 0 Å². The normalized spacial score (nSPS) is 23.5. The molecule has 0 spiro atoms. The number of piperidine rings is 1. The molecule has 3 atom stereocenters. The van der Waals surface area contributed by atoms with Gasteiger partial charge in [-0.1, -0.05) is 26.7 Å². The molecule has 21 heavy (non-hydrogen) atoms. The zero-order valence-corrected chi connectivity index (χ0v) is 13.4. The molecule has 0 aliphatic carbocycles. The van der Waals surface area contributed by atoms with Crippen molar-refractivity contribution in [1.29, 1.82) is 0 Å². The first kappa shape index (κ1) is 18.0. The predicted octanol–water partition coefficient (Wildman–Crippen LogP) is 2.16. The van der Waals surface area contributed by atoms with Crippen LogP contribution in [0.3, 0.4) is 0 Å². The van der Waals surface area contributed by atoms with Gasteiger partial charge in [-0.15, -0.1) is 0 Å². The van der Waals surface area contributed by atoms with Crippen LogP contribution in [0.25, 0.3) is 0 Å². The number of nitrogens with one attached hydrogen (secondary N) is 2. The van der Waals surface area contributed by atoms with Crippen LogP contribution in [0.1, 0.15) is 58.8 Å². The number of carboxylic acid groups (broad SMARTS) is 1. The van der Waals surface area contributed by atoms with Crippen molar-refractivity contribution in [2.75, 3.05) is 13.1 Å². The minimum Gasteiger partial charge on any atom is -0.481 e. The van der Waals surface area contributed by atoms with Crippen molar-refractivity contribution in [1.82, 2.24) is 10.6 Å². The predicted molar refractivity (Wildman–Crippen MR) is 83.1 cm³/mol. The molecule has 3 N–H and O–H groups in total. The summed E-state index contributed by atoms with van der Waals surface area (Å²) in [6.07, 6.45) is 5.96. The van der Waals surface area contributed by atoms with Crippen LogP contribution < -0.4 is 10.6 Å². The van der Waals surface area contributed by atoms with Crippen molar-refractivity contribution in [2.45, 2.75) is 64.8 Å². The first-order valence-corrected chi connectivity index (χ1v) is 8.29. The van der Waals surface area contributed by atoms with Crippen LogP contribution in [0, 0.1) is 11.8 Å². The molecule has 0 aromatic heterocycles. The van der Waals surface area contributed by atoms with Crippen molar-refractivity contribution in [3.63, 3.8) is 0 Å². The van der Waals surface area contributed by atoms with Crippen molar-refractivity contribution >= 4 is 11.9 Å². The number of amides is 1. The second-order valence-corrected chi connectivity index (χ2v) is 6.09. The average molecular weight is 298 g/mol. The molecule has 0 saturated carbocycles. The lowest BCUT2D eigenvalue weighted by molar-refractivity contribution is -0.137. The molecule has 1 rings (SSSR count). The van der Waals surface area contributed by atoms with E-state index in [9.17, 15) is 9.59 Å². The summed E-state index contributed by atoms with van der Waals surface area (Å²) in [5.74, 6) is 0.390. The SMILES string of the molecule is CCC(CCNC(=O)C1CC(CC)CCN1)CCC(=O)O. The molecule has 5 heteroatoms. The molecule has 0 radical (unpaired) electrons. The lowest BCUT2D eigenvalue weighted by atomic mass is 9.90. The summed E-state index contributed by atoms with van der Waals surface area (Å²) in [6.45, 7) is 5.82. The van der Waals surface area contributed by atoms with E-state index in [2.05, 4.69) is 24.5 Å². The van der Waals surface area contributed by atoms with E-state index >= 15 is 0 Å². The average Bonchev–Trinajstić information content (AvgIpc) is 2.50. The van der Waals surface area contributed by atoms with Crippen LogP contribution in [0.5, 0.6) is 0 Å². The second kappa shape index (κ2) is 9.77. The van der Waals surface area contributed by atoms with E-state index in [1.807, 2.05) is 0 Å². The maximum absolute atomic E-state index is 12.1. The minimum absolute atomic E-state index is 0.0530. The number of rotatable bonds is 9. The van der Waals surface area contributed by atoms with Gasteiger partial charge in [0.25, 0.3) is 0 Å². The molecular weight excluding hydrogens is 268 g/mol. The molecule has 5 nitrogen and oxygen atoms in total. The Kier molecular flexibility index (Phi) is 8.35. The van der Waals surface area contributed by atoms with E-state index in [4.69, 9.17) is 5.11 Å². The van der Waals surface area contributed by atoms with Crippen molar-refractivity contribution < 1.29 is 14.7 Å². The molecule has 0 bridgehead atoms. The molecule has 1 saturated heterocycles. The van der Waals surface area contributed by atoms with Gasteiger partial charge in [-0.25, -0.2) is 0 Å². The van der Waals surface area contributed by atoms with Gasteiger partial charge in [-0.05, 0) is 44.1 Å². The number of carboxylic acids is 1. The molecule has 1 aliphatic heterocycles. The van der Waals surface area contributed by atoms with Gasteiger partial charge in [-0.3, -0.25) is 9.59 Å². The third kappa shape index (κ3) is 6.93. The fourth-order valence-corrected chi connectivity index (χ4v) is 2.97. The molecule has 0 aromatic carbocycles. The van der Waals surface area contributed by atoms with Gasteiger partial charge >= 0.3 is 5.97 Å². The van der Waals surface area contributed by atoms with E-state index < -0.39 is 5.97 Å². The van der Waals surface area contributed by atoms with Crippen LogP contribution >= 0.6 is 0 Å². The Hall–Kier alpha value is -1.10. The van der Waals surface area contributed by atoms with E-state index in [1.54, 1.807) is 0 Å². The number of hydrogen-bond donors (Lipinski definition) is 3. The Morgan fingerprint density at radius 3 is 2.71 bits per heavy atom. The number of hydrogen-bond acceptors (Lipinski definition) is 3. The van der Waals surface area contributed by atoms with Gasteiger partial charge in [-0.2, -0.15) is 0 Å². The number of carbonyl (C=O) groups is 2. The van der Waals surface area contributed by atoms with Crippen LogP contribution in [-0.4, -0.2) is 36.1 Å². The third-order valence-corrected chi connectivity index (χ3v) is 4.60. The van der Waals surface area contributed by atoms with Gasteiger partial charge in [0, 0.05) is 13.0 Å². The first-order valence-electron chi connectivity index (χ1n) is 8.29. The Morgan fingerprint density at radius 2 is 2.10 bits per heavy atom. The van der Waals surface area contributed by atoms with Crippen LogP contribution in [0.15, 0.2) is 0 Å². The van der Waals surface area contributed by atoms with E-state index in [1.165, 1.54) is 0 Å². The van der Waals surface area contributed by atoms with Gasteiger partial charge in [0.2, 0.25) is 5.91 Å². The second-order valence-electron chi connectivity index (χ2n) is 6.09. The summed E-state index contributed by atoms with van der Waals surface area (Å²) in [5, 5.41) is 15.0. The highest BCUT2D eigenvalue weighted by Gasteiger charge is 2.25. The standard InChI is InChI=1S/C16H30N2O3/c1-3-12(5-6-15(19)20)7-10-18-16(21)14-11-13(4-2)8-9-17-14/h12-14,17H,3-11H2,1-2H3,(H,18,21)(H,19,20). The minimum atomic E-state index is -0.741. The maximum atomic E-state index is 12.1. The quantitative estimate of drug-likeness (QED) is 0.609.